The van der Waals surface area contributed by atoms with Crippen molar-refractivity contribution in [3.8, 4) is 0 Å². The molecule has 0 radical (unpaired) electrons. The summed E-state index contributed by atoms with van der Waals surface area (Å²) in [5, 5.41) is 2.57. The van der Waals surface area contributed by atoms with E-state index in [1.165, 1.54) is 0 Å². The second kappa shape index (κ2) is 10.9. The molecule has 0 aromatic carbocycles. The summed E-state index contributed by atoms with van der Waals surface area (Å²) < 4.78 is 5.03. The number of carbonyl (C=O) groups is 2. The highest BCUT2D eigenvalue weighted by Gasteiger charge is 2.05. The van der Waals surface area contributed by atoms with E-state index in [0.29, 0.717) is 19.6 Å². The van der Waals surface area contributed by atoms with Crippen molar-refractivity contribution in [2.45, 2.75) is 39.5 Å². The number of thiocarbonyl (C=S) groups is 1. The zero-order valence-electron chi connectivity index (χ0n) is 10.9. The van der Waals surface area contributed by atoms with Gasteiger partial charge in [-0.25, -0.2) is 0 Å². The Balaban J connectivity index is 3.63. The number of unbranched alkanes of at least 4 members (excludes halogenated alkanes) is 1. The van der Waals surface area contributed by atoms with Crippen LogP contribution in [0.4, 0.5) is 0 Å². The monoisotopic (exact) mass is 275 g/mol. The largest absolute Gasteiger partial charge is 0.381 e. The molecule has 0 aromatic rings. The molecular formula is C11H21N3O3S. The first-order valence-corrected chi connectivity index (χ1v) is 6.47. The summed E-state index contributed by atoms with van der Waals surface area (Å²) in [5.74, 6) is -0.397. The van der Waals surface area contributed by atoms with Gasteiger partial charge in [-0.1, -0.05) is 13.3 Å². The van der Waals surface area contributed by atoms with Gasteiger partial charge in [0.05, 0.1) is 13.0 Å². The summed E-state index contributed by atoms with van der Waals surface area (Å²) in [6, 6.07) is 0. The molecule has 0 bridgehead atoms. The van der Waals surface area contributed by atoms with Gasteiger partial charge in [-0.3, -0.25) is 20.4 Å². The molecule has 7 heteroatoms. The minimum atomic E-state index is -0.242. The number of rotatable bonds is 7. The Hall–Kier alpha value is -1.21. The van der Waals surface area contributed by atoms with Crippen LogP contribution in [0.5, 0.6) is 0 Å². The maximum Gasteiger partial charge on any atom is 0.240 e. The van der Waals surface area contributed by atoms with Crippen LogP contribution in [-0.4, -0.2) is 30.1 Å². The van der Waals surface area contributed by atoms with Gasteiger partial charge in [-0.05, 0) is 25.6 Å². The predicted molar refractivity (Wildman–Crippen MR) is 72.7 cm³/mol. The highest BCUT2D eigenvalue weighted by atomic mass is 32.1. The van der Waals surface area contributed by atoms with E-state index in [-0.39, 0.29) is 23.3 Å². The van der Waals surface area contributed by atoms with E-state index in [9.17, 15) is 9.59 Å². The third-order valence-corrected chi connectivity index (χ3v) is 2.21. The van der Waals surface area contributed by atoms with Crippen LogP contribution >= 0.6 is 12.2 Å². The van der Waals surface area contributed by atoms with Gasteiger partial charge < -0.3 is 10.1 Å². The molecule has 6 nitrogen and oxygen atoms in total. The lowest BCUT2D eigenvalue weighted by Gasteiger charge is -2.10. The number of carbonyl (C=O) groups excluding carboxylic acids is 2. The van der Waals surface area contributed by atoms with Crippen LogP contribution in [0, 0.1) is 0 Å². The van der Waals surface area contributed by atoms with Crippen LogP contribution in [0.2, 0.25) is 0 Å². The maximum absolute atomic E-state index is 11.3. The van der Waals surface area contributed by atoms with Crippen molar-refractivity contribution in [1.82, 2.24) is 16.2 Å². The first kappa shape index (κ1) is 16.8. The zero-order valence-corrected chi connectivity index (χ0v) is 11.7. The fraction of sp³-hybridized carbons (Fsp3) is 0.727. The van der Waals surface area contributed by atoms with Gasteiger partial charge in [0.15, 0.2) is 5.11 Å². The van der Waals surface area contributed by atoms with E-state index in [4.69, 9.17) is 17.0 Å². The molecule has 3 N–H and O–H groups in total. The molecule has 104 valence electrons. The van der Waals surface area contributed by atoms with E-state index in [1.54, 1.807) is 0 Å². The van der Waals surface area contributed by atoms with E-state index < -0.39 is 0 Å². The molecule has 2 amide bonds. The predicted octanol–water partition coefficient (Wildman–Crippen LogP) is 0.625. The standard InChI is InChI=1S/C11H21N3O3S/c1-3-5-6-9(15)12-11(18)14-13-10(16)7-8-17-4-2/h3-8H2,1-2H3,(H,13,16)(H2,12,14,15,18). The number of hydrogen-bond donors (Lipinski definition) is 3. The molecular weight excluding hydrogens is 254 g/mol. The molecule has 0 aromatic heterocycles. The number of amides is 2. The Kier molecular flexibility index (Phi) is 10.2. The van der Waals surface area contributed by atoms with Gasteiger partial charge in [-0.15, -0.1) is 0 Å². The molecule has 18 heavy (non-hydrogen) atoms. The Morgan fingerprint density at radius 2 is 1.83 bits per heavy atom. The average Bonchev–Trinajstić information content (AvgIpc) is 2.34. The summed E-state index contributed by atoms with van der Waals surface area (Å²) in [5.41, 5.74) is 4.84. The maximum atomic E-state index is 11.3. The fourth-order valence-electron chi connectivity index (χ4n) is 1.06. The Bertz CT molecular complexity index is 285. The molecule has 0 fully saturated rings. The molecule has 0 saturated carbocycles. The number of nitrogens with one attached hydrogen (secondary N) is 3. The SMILES string of the molecule is CCCCC(=O)NC(=S)NNC(=O)CCOCC. The summed E-state index contributed by atoms with van der Waals surface area (Å²) >= 11 is 4.85. The summed E-state index contributed by atoms with van der Waals surface area (Å²) in [6.07, 6.45) is 2.43. The molecule has 0 atom stereocenters. The van der Waals surface area contributed by atoms with E-state index in [2.05, 4.69) is 16.2 Å². The third kappa shape index (κ3) is 9.98. The van der Waals surface area contributed by atoms with Crippen LogP contribution < -0.4 is 16.2 Å². The summed E-state index contributed by atoms with van der Waals surface area (Å²) in [4.78, 5) is 22.6. The summed E-state index contributed by atoms with van der Waals surface area (Å²) in [7, 11) is 0. The minimum Gasteiger partial charge on any atom is -0.381 e. The van der Waals surface area contributed by atoms with Gasteiger partial charge in [0, 0.05) is 13.0 Å². The van der Waals surface area contributed by atoms with Gasteiger partial charge in [0.2, 0.25) is 11.8 Å². The molecule has 0 unspecified atom stereocenters. The average molecular weight is 275 g/mol. The van der Waals surface area contributed by atoms with Crippen molar-refractivity contribution in [1.29, 1.82) is 0 Å². The van der Waals surface area contributed by atoms with E-state index in [1.807, 2.05) is 13.8 Å². The topological polar surface area (TPSA) is 79.5 Å². The Morgan fingerprint density at radius 3 is 2.44 bits per heavy atom. The van der Waals surface area contributed by atoms with Gasteiger partial charge in [0.1, 0.15) is 0 Å². The smallest absolute Gasteiger partial charge is 0.240 e. The summed E-state index contributed by atoms with van der Waals surface area (Å²) in [6.45, 7) is 4.80. The molecule has 0 saturated heterocycles. The molecule has 0 spiro atoms. The van der Waals surface area contributed by atoms with Crippen LogP contribution in [0.15, 0.2) is 0 Å². The van der Waals surface area contributed by atoms with Crippen LogP contribution in [0.3, 0.4) is 0 Å². The van der Waals surface area contributed by atoms with Crippen molar-refractivity contribution in [2.75, 3.05) is 13.2 Å². The molecule has 0 aliphatic heterocycles. The number of hydrogen-bond acceptors (Lipinski definition) is 4. The van der Waals surface area contributed by atoms with E-state index in [0.717, 1.165) is 12.8 Å². The quantitative estimate of drug-likeness (QED) is 0.361. The first-order valence-electron chi connectivity index (χ1n) is 6.06. The van der Waals surface area contributed by atoms with Crippen molar-refractivity contribution in [2.24, 2.45) is 0 Å². The van der Waals surface area contributed by atoms with Crippen molar-refractivity contribution in [3.63, 3.8) is 0 Å². The minimum absolute atomic E-state index is 0.0980. The van der Waals surface area contributed by atoms with Crippen LogP contribution in [0.1, 0.15) is 39.5 Å². The molecule has 0 aliphatic rings. The number of ether oxygens (including phenoxy) is 1. The molecule has 0 aliphatic carbocycles. The second-order valence-corrected chi connectivity index (χ2v) is 4.01. The zero-order chi connectivity index (χ0) is 13.8. The lowest BCUT2D eigenvalue weighted by atomic mass is 10.2. The number of hydrazine groups is 1. The van der Waals surface area contributed by atoms with Crippen LogP contribution in [0.25, 0.3) is 0 Å². The van der Waals surface area contributed by atoms with Crippen LogP contribution in [-0.2, 0) is 14.3 Å². The van der Waals surface area contributed by atoms with Gasteiger partial charge >= 0.3 is 0 Å². The second-order valence-electron chi connectivity index (χ2n) is 3.60. The highest BCUT2D eigenvalue weighted by molar-refractivity contribution is 7.80. The lowest BCUT2D eigenvalue weighted by molar-refractivity contribution is -0.123. The Morgan fingerprint density at radius 1 is 1.11 bits per heavy atom. The van der Waals surface area contributed by atoms with Crippen molar-refractivity contribution in [3.05, 3.63) is 0 Å². The van der Waals surface area contributed by atoms with Gasteiger partial charge in [-0.2, -0.15) is 0 Å². The molecule has 0 heterocycles. The lowest BCUT2D eigenvalue weighted by Crippen LogP contribution is -2.48. The highest BCUT2D eigenvalue weighted by Crippen LogP contribution is 1.92. The first-order chi connectivity index (χ1) is 8.60. The normalized spacial score (nSPS) is 9.67. The van der Waals surface area contributed by atoms with E-state index >= 15 is 0 Å². The fourth-order valence-corrected chi connectivity index (χ4v) is 1.22. The third-order valence-electron chi connectivity index (χ3n) is 2.00. The Labute approximate surface area is 113 Å². The molecule has 0 rings (SSSR count). The van der Waals surface area contributed by atoms with Crippen molar-refractivity contribution >= 4 is 29.1 Å². The van der Waals surface area contributed by atoms with Crippen molar-refractivity contribution < 1.29 is 14.3 Å². The van der Waals surface area contributed by atoms with Gasteiger partial charge in [0.25, 0.3) is 0 Å².